The third-order valence-electron chi connectivity index (χ3n) is 3.93. The number of hydrogen-bond donors (Lipinski definition) is 0. The number of esters is 1. The molecule has 1 heterocycles. The van der Waals surface area contributed by atoms with Crippen molar-refractivity contribution in [3.63, 3.8) is 0 Å². The standard InChI is InChI=1S/C20H19ClO4/c1-3-23-20(22)9-14-6-4-5-7-18(14)24-11-15-12-25-19-8-13(2)17(21)10-16(15)19/h4-8,10,12H,3,9,11H2,1-2H3. The molecule has 3 aromatic rings. The van der Waals surface area contributed by atoms with E-state index in [1.807, 2.05) is 43.3 Å². The van der Waals surface area contributed by atoms with Crippen molar-refractivity contribution in [3.05, 3.63) is 64.4 Å². The van der Waals surface area contributed by atoms with Crippen LogP contribution in [-0.2, 0) is 22.6 Å². The van der Waals surface area contributed by atoms with Crippen molar-refractivity contribution in [2.45, 2.75) is 26.9 Å². The summed E-state index contributed by atoms with van der Waals surface area (Å²) in [5.41, 5.74) is 3.45. The van der Waals surface area contributed by atoms with Crippen LogP contribution < -0.4 is 4.74 Å². The minimum absolute atomic E-state index is 0.182. The molecule has 0 aliphatic heterocycles. The molecule has 0 amide bonds. The van der Waals surface area contributed by atoms with Crippen LogP contribution in [-0.4, -0.2) is 12.6 Å². The molecule has 3 rings (SSSR count). The average Bonchev–Trinajstić information content (AvgIpc) is 2.96. The summed E-state index contributed by atoms with van der Waals surface area (Å²) in [5.74, 6) is 0.387. The van der Waals surface area contributed by atoms with E-state index in [-0.39, 0.29) is 12.4 Å². The van der Waals surface area contributed by atoms with E-state index < -0.39 is 0 Å². The van der Waals surface area contributed by atoms with Crippen LogP contribution in [0.1, 0.15) is 23.6 Å². The lowest BCUT2D eigenvalue weighted by atomic mass is 10.1. The van der Waals surface area contributed by atoms with Crippen LogP contribution in [0, 0.1) is 6.92 Å². The Hall–Kier alpha value is -2.46. The van der Waals surface area contributed by atoms with E-state index in [1.165, 1.54) is 0 Å². The largest absolute Gasteiger partial charge is 0.488 e. The van der Waals surface area contributed by atoms with E-state index in [4.69, 9.17) is 25.5 Å². The molecule has 0 atom stereocenters. The Morgan fingerprint density at radius 3 is 2.80 bits per heavy atom. The van der Waals surface area contributed by atoms with Gasteiger partial charge in [-0.25, -0.2) is 0 Å². The van der Waals surface area contributed by atoms with Gasteiger partial charge in [0, 0.05) is 21.5 Å². The summed E-state index contributed by atoms with van der Waals surface area (Å²) >= 11 is 6.21. The smallest absolute Gasteiger partial charge is 0.310 e. The van der Waals surface area contributed by atoms with Crippen molar-refractivity contribution >= 4 is 28.5 Å². The Bertz CT molecular complexity index is 898. The minimum Gasteiger partial charge on any atom is -0.488 e. The number of aryl methyl sites for hydroxylation is 1. The molecule has 0 aliphatic carbocycles. The molecule has 130 valence electrons. The summed E-state index contributed by atoms with van der Waals surface area (Å²) in [6.45, 7) is 4.42. The van der Waals surface area contributed by atoms with Gasteiger partial charge < -0.3 is 13.9 Å². The maximum absolute atomic E-state index is 11.7. The van der Waals surface area contributed by atoms with E-state index in [1.54, 1.807) is 13.2 Å². The first kappa shape index (κ1) is 17.4. The summed E-state index contributed by atoms with van der Waals surface area (Å²) in [6.07, 6.45) is 1.86. The Balaban J connectivity index is 1.78. The molecule has 0 N–H and O–H groups in total. The van der Waals surface area contributed by atoms with Crippen LogP contribution in [0.25, 0.3) is 11.0 Å². The van der Waals surface area contributed by atoms with E-state index in [0.717, 1.165) is 27.7 Å². The zero-order chi connectivity index (χ0) is 17.8. The Labute approximate surface area is 151 Å². The first-order valence-electron chi connectivity index (χ1n) is 8.11. The third-order valence-corrected chi connectivity index (χ3v) is 4.34. The zero-order valence-electron chi connectivity index (χ0n) is 14.2. The predicted molar refractivity (Wildman–Crippen MR) is 97.1 cm³/mol. The number of furan rings is 1. The molecule has 0 spiro atoms. The molecule has 0 unspecified atom stereocenters. The third kappa shape index (κ3) is 3.97. The van der Waals surface area contributed by atoms with E-state index in [2.05, 4.69) is 0 Å². The van der Waals surface area contributed by atoms with Crippen molar-refractivity contribution in [1.82, 2.24) is 0 Å². The van der Waals surface area contributed by atoms with E-state index >= 15 is 0 Å². The highest BCUT2D eigenvalue weighted by Crippen LogP contribution is 2.29. The van der Waals surface area contributed by atoms with Gasteiger partial charge in [-0.2, -0.15) is 0 Å². The number of rotatable bonds is 6. The molecule has 25 heavy (non-hydrogen) atoms. The molecule has 0 saturated carbocycles. The lowest BCUT2D eigenvalue weighted by Gasteiger charge is -2.10. The number of halogens is 1. The fraction of sp³-hybridized carbons (Fsp3) is 0.250. The molecule has 0 fully saturated rings. The average molecular weight is 359 g/mol. The lowest BCUT2D eigenvalue weighted by molar-refractivity contribution is -0.142. The van der Waals surface area contributed by atoms with Crippen molar-refractivity contribution < 1.29 is 18.7 Å². The van der Waals surface area contributed by atoms with Gasteiger partial charge in [0.15, 0.2) is 0 Å². The van der Waals surface area contributed by atoms with Crippen molar-refractivity contribution in [3.8, 4) is 5.75 Å². The molecule has 0 radical (unpaired) electrons. The highest BCUT2D eigenvalue weighted by Gasteiger charge is 2.12. The highest BCUT2D eigenvalue weighted by atomic mass is 35.5. The summed E-state index contributed by atoms with van der Waals surface area (Å²) in [6, 6.07) is 11.2. The number of carbonyl (C=O) groups excluding carboxylic acids is 1. The normalized spacial score (nSPS) is 10.8. The maximum Gasteiger partial charge on any atom is 0.310 e. The first-order chi connectivity index (χ1) is 12.1. The summed E-state index contributed by atoms with van der Waals surface area (Å²) in [7, 11) is 0. The highest BCUT2D eigenvalue weighted by molar-refractivity contribution is 6.32. The number of ether oxygens (including phenoxy) is 2. The topological polar surface area (TPSA) is 48.7 Å². The zero-order valence-corrected chi connectivity index (χ0v) is 14.9. The quantitative estimate of drug-likeness (QED) is 0.576. The van der Waals surface area contributed by atoms with Crippen LogP contribution >= 0.6 is 11.6 Å². The van der Waals surface area contributed by atoms with Crippen LogP contribution in [0.4, 0.5) is 0 Å². The predicted octanol–water partition coefficient (Wildman–Crippen LogP) is 5.08. The van der Waals surface area contributed by atoms with Gasteiger partial charge in [-0.15, -0.1) is 0 Å². The Morgan fingerprint density at radius 1 is 1.20 bits per heavy atom. The Kier molecular flexibility index (Phi) is 5.29. The molecule has 4 nitrogen and oxygen atoms in total. The lowest BCUT2D eigenvalue weighted by Crippen LogP contribution is -2.09. The number of hydrogen-bond acceptors (Lipinski definition) is 4. The first-order valence-corrected chi connectivity index (χ1v) is 8.48. The number of para-hydroxylation sites is 1. The van der Waals surface area contributed by atoms with Gasteiger partial charge in [-0.05, 0) is 37.6 Å². The minimum atomic E-state index is -0.269. The van der Waals surface area contributed by atoms with Crippen LogP contribution in [0.2, 0.25) is 5.02 Å². The van der Waals surface area contributed by atoms with Gasteiger partial charge in [0.05, 0.1) is 19.3 Å². The summed E-state index contributed by atoms with van der Waals surface area (Å²) in [5, 5.41) is 1.62. The molecular weight excluding hydrogens is 340 g/mol. The molecule has 2 aromatic carbocycles. The maximum atomic E-state index is 11.7. The van der Waals surface area contributed by atoms with Gasteiger partial charge in [-0.3, -0.25) is 4.79 Å². The Morgan fingerprint density at radius 2 is 2.00 bits per heavy atom. The number of fused-ring (bicyclic) bond motifs is 1. The fourth-order valence-corrected chi connectivity index (χ4v) is 2.79. The second-order valence-electron chi connectivity index (χ2n) is 5.74. The van der Waals surface area contributed by atoms with E-state index in [0.29, 0.717) is 24.0 Å². The van der Waals surface area contributed by atoms with Gasteiger partial charge in [-0.1, -0.05) is 29.8 Å². The van der Waals surface area contributed by atoms with E-state index in [9.17, 15) is 4.79 Å². The molecule has 0 aliphatic rings. The van der Waals surface area contributed by atoms with Crippen LogP contribution in [0.3, 0.4) is 0 Å². The summed E-state index contributed by atoms with van der Waals surface area (Å²) < 4.78 is 16.5. The molecule has 0 bridgehead atoms. The molecular formula is C20H19ClO4. The van der Waals surface area contributed by atoms with Crippen LogP contribution in [0.15, 0.2) is 47.1 Å². The summed E-state index contributed by atoms with van der Waals surface area (Å²) in [4.78, 5) is 11.7. The van der Waals surface area contributed by atoms with Gasteiger partial charge in [0.1, 0.15) is 17.9 Å². The SMILES string of the molecule is CCOC(=O)Cc1ccccc1OCc1coc2cc(C)c(Cl)cc12. The number of carbonyl (C=O) groups is 1. The van der Waals surface area contributed by atoms with Crippen molar-refractivity contribution in [2.75, 3.05) is 6.61 Å². The molecule has 0 saturated heterocycles. The second kappa shape index (κ2) is 7.62. The van der Waals surface area contributed by atoms with Crippen LogP contribution in [0.5, 0.6) is 5.75 Å². The molecule has 5 heteroatoms. The van der Waals surface area contributed by atoms with Gasteiger partial charge >= 0.3 is 5.97 Å². The van der Waals surface area contributed by atoms with Gasteiger partial charge in [0.2, 0.25) is 0 Å². The van der Waals surface area contributed by atoms with Crippen molar-refractivity contribution in [2.24, 2.45) is 0 Å². The number of benzene rings is 2. The van der Waals surface area contributed by atoms with Crippen molar-refractivity contribution in [1.29, 1.82) is 0 Å². The molecule has 1 aromatic heterocycles. The fourth-order valence-electron chi connectivity index (χ4n) is 2.63. The monoisotopic (exact) mass is 358 g/mol. The van der Waals surface area contributed by atoms with Gasteiger partial charge in [0.25, 0.3) is 0 Å². The second-order valence-corrected chi connectivity index (χ2v) is 6.14.